The Labute approximate surface area is 111 Å². The number of nitrogens with one attached hydrogen (secondary N) is 2. The molecule has 2 N–H and O–H groups in total. The molecule has 0 radical (unpaired) electrons. The maximum atomic E-state index is 12.6. The maximum absolute atomic E-state index is 12.6. The first-order chi connectivity index (χ1) is 8.66. The van der Waals surface area contributed by atoms with Crippen LogP contribution in [-0.2, 0) is 4.79 Å². The van der Waals surface area contributed by atoms with Crippen molar-refractivity contribution >= 4 is 5.91 Å². The van der Waals surface area contributed by atoms with E-state index in [4.69, 9.17) is 0 Å². The first-order valence-electron chi connectivity index (χ1n) is 7.68. The third-order valence-electron chi connectivity index (χ3n) is 4.53. The van der Waals surface area contributed by atoms with E-state index in [-0.39, 0.29) is 5.41 Å². The molecule has 3 heteroatoms. The van der Waals surface area contributed by atoms with Crippen molar-refractivity contribution in [3.8, 4) is 0 Å². The predicted molar refractivity (Wildman–Crippen MR) is 74.4 cm³/mol. The lowest BCUT2D eigenvalue weighted by Crippen LogP contribution is -2.49. The summed E-state index contributed by atoms with van der Waals surface area (Å²) in [4.78, 5) is 12.6. The lowest BCUT2D eigenvalue weighted by atomic mass is 9.74. The Bertz CT molecular complexity index is 275. The predicted octanol–water partition coefficient (Wildman–Crippen LogP) is 2.46. The van der Waals surface area contributed by atoms with Gasteiger partial charge in [0.2, 0.25) is 5.91 Å². The van der Waals surface area contributed by atoms with Gasteiger partial charge < -0.3 is 10.6 Å². The van der Waals surface area contributed by atoms with Crippen LogP contribution >= 0.6 is 0 Å². The quantitative estimate of drug-likeness (QED) is 0.762. The van der Waals surface area contributed by atoms with Crippen LogP contribution in [0, 0.1) is 11.3 Å². The molecule has 2 fully saturated rings. The molecule has 0 bridgehead atoms. The number of amides is 1. The summed E-state index contributed by atoms with van der Waals surface area (Å²) in [5, 5.41) is 6.65. The van der Waals surface area contributed by atoms with Crippen molar-refractivity contribution in [2.45, 2.75) is 64.8 Å². The second-order valence-corrected chi connectivity index (χ2v) is 6.33. The molecule has 0 aromatic heterocycles. The minimum atomic E-state index is -0.0855. The molecular formula is C15H28N2O. The number of rotatable bonds is 6. The molecule has 1 heterocycles. The second kappa shape index (κ2) is 6.05. The second-order valence-electron chi connectivity index (χ2n) is 6.33. The molecule has 0 aromatic carbocycles. The maximum Gasteiger partial charge on any atom is 0.226 e. The molecule has 1 saturated carbocycles. The summed E-state index contributed by atoms with van der Waals surface area (Å²) in [6.07, 6.45) is 8.05. The molecule has 3 nitrogen and oxygen atoms in total. The van der Waals surface area contributed by atoms with Crippen molar-refractivity contribution in [3.63, 3.8) is 0 Å². The molecule has 1 saturated heterocycles. The number of hydrogen-bond acceptors (Lipinski definition) is 2. The minimum absolute atomic E-state index is 0.0855. The third kappa shape index (κ3) is 3.47. The molecule has 104 valence electrons. The molecule has 1 aliphatic carbocycles. The van der Waals surface area contributed by atoms with Crippen molar-refractivity contribution < 1.29 is 4.79 Å². The zero-order valence-electron chi connectivity index (χ0n) is 11.9. The van der Waals surface area contributed by atoms with E-state index in [0.29, 0.717) is 11.9 Å². The summed E-state index contributed by atoms with van der Waals surface area (Å²) in [7, 11) is 0. The van der Waals surface area contributed by atoms with Crippen LogP contribution in [-0.4, -0.2) is 25.0 Å². The molecule has 2 aliphatic rings. The van der Waals surface area contributed by atoms with Crippen LogP contribution in [0.1, 0.15) is 58.8 Å². The molecule has 2 rings (SSSR count). The molecule has 1 aliphatic heterocycles. The number of carbonyl (C=O) groups excluding carboxylic acids is 1. The average Bonchev–Trinajstić information content (AvgIpc) is 3.14. The van der Waals surface area contributed by atoms with E-state index in [1.807, 2.05) is 0 Å². The van der Waals surface area contributed by atoms with Crippen LogP contribution in [0.3, 0.4) is 0 Å². The van der Waals surface area contributed by atoms with Crippen molar-refractivity contribution in [3.05, 3.63) is 0 Å². The standard InChI is InChI=1S/C15H28N2O/c1-3-6-15(7-9-16-10-8-15)14(18)17-12(2)11-13-4-5-13/h12-13,16H,3-11H2,1-2H3,(H,17,18). The third-order valence-corrected chi connectivity index (χ3v) is 4.53. The summed E-state index contributed by atoms with van der Waals surface area (Å²) in [6, 6.07) is 0.355. The molecule has 1 unspecified atom stereocenters. The highest BCUT2D eigenvalue weighted by Gasteiger charge is 2.39. The molecular weight excluding hydrogens is 224 g/mol. The average molecular weight is 252 g/mol. The topological polar surface area (TPSA) is 41.1 Å². The van der Waals surface area contributed by atoms with Crippen molar-refractivity contribution in [2.75, 3.05) is 13.1 Å². The van der Waals surface area contributed by atoms with E-state index in [1.54, 1.807) is 0 Å². The Kier molecular flexibility index (Phi) is 4.66. The highest BCUT2D eigenvalue weighted by molar-refractivity contribution is 5.83. The monoisotopic (exact) mass is 252 g/mol. The van der Waals surface area contributed by atoms with Gasteiger partial charge >= 0.3 is 0 Å². The highest BCUT2D eigenvalue weighted by atomic mass is 16.2. The molecule has 0 aromatic rings. The summed E-state index contributed by atoms with van der Waals surface area (Å²) < 4.78 is 0. The Morgan fingerprint density at radius 1 is 1.39 bits per heavy atom. The Balaban J connectivity index is 1.89. The number of carbonyl (C=O) groups is 1. The van der Waals surface area contributed by atoms with Gasteiger partial charge in [-0.3, -0.25) is 4.79 Å². The van der Waals surface area contributed by atoms with E-state index < -0.39 is 0 Å². The first kappa shape index (κ1) is 13.9. The Morgan fingerprint density at radius 3 is 2.61 bits per heavy atom. The smallest absolute Gasteiger partial charge is 0.226 e. The van der Waals surface area contributed by atoms with Gasteiger partial charge in [-0.05, 0) is 51.6 Å². The molecule has 1 amide bonds. The van der Waals surface area contributed by atoms with E-state index in [2.05, 4.69) is 24.5 Å². The normalized spacial score (nSPS) is 24.6. The van der Waals surface area contributed by atoms with Gasteiger partial charge in [0.15, 0.2) is 0 Å². The Morgan fingerprint density at radius 2 is 2.06 bits per heavy atom. The van der Waals surface area contributed by atoms with Gasteiger partial charge in [-0.2, -0.15) is 0 Å². The van der Waals surface area contributed by atoms with E-state index in [9.17, 15) is 4.79 Å². The van der Waals surface area contributed by atoms with Gasteiger partial charge in [-0.25, -0.2) is 0 Å². The van der Waals surface area contributed by atoms with Crippen molar-refractivity contribution in [1.82, 2.24) is 10.6 Å². The fourth-order valence-electron chi connectivity index (χ4n) is 3.26. The number of piperidine rings is 1. The van der Waals surface area contributed by atoms with Crippen LogP contribution < -0.4 is 10.6 Å². The van der Waals surface area contributed by atoms with Crippen LogP contribution in [0.25, 0.3) is 0 Å². The van der Waals surface area contributed by atoms with Gasteiger partial charge in [-0.15, -0.1) is 0 Å². The summed E-state index contributed by atoms with van der Waals surface area (Å²) in [6.45, 7) is 6.33. The first-order valence-corrected chi connectivity index (χ1v) is 7.68. The summed E-state index contributed by atoms with van der Waals surface area (Å²) >= 11 is 0. The van der Waals surface area contributed by atoms with Crippen LogP contribution in [0.4, 0.5) is 0 Å². The summed E-state index contributed by atoms with van der Waals surface area (Å²) in [5.74, 6) is 1.20. The van der Waals surface area contributed by atoms with Crippen LogP contribution in [0.5, 0.6) is 0 Å². The van der Waals surface area contributed by atoms with Crippen LogP contribution in [0.2, 0.25) is 0 Å². The SMILES string of the molecule is CCCC1(C(=O)NC(C)CC2CC2)CCNCC1. The van der Waals surface area contributed by atoms with Gasteiger partial charge in [0.1, 0.15) is 0 Å². The zero-order valence-corrected chi connectivity index (χ0v) is 11.9. The molecule has 1 atom stereocenters. The lowest BCUT2D eigenvalue weighted by Gasteiger charge is -2.37. The summed E-state index contributed by atoms with van der Waals surface area (Å²) in [5.41, 5.74) is -0.0855. The van der Waals surface area contributed by atoms with Gasteiger partial charge in [-0.1, -0.05) is 26.2 Å². The van der Waals surface area contributed by atoms with E-state index in [1.165, 1.54) is 19.3 Å². The van der Waals surface area contributed by atoms with Crippen molar-refractivity contribution in [1.29, 1.82) is 0 Å². The fraction of sp³-hybridized carbons (Fsp3) is 0.933. The zero-order chi connectivity index (χ0) is 13.0. The van der Waals surface area contributed by atoms with Crippen LogP contribution in [0.15, 0.2) is 0 Å². The van der Waals surface area contributed by atoms with Gasteiger partial charge in [0, 0.05) is 6.04 Å². The Hall–Kier alpha value is -0.570. The van der Waals surface area contributed by atoms with E-state index in [0.717, 1.165) is 44.7 Å². The molecule has 0 spiro atoms. The van der Waals surface area contributed by atoms with Crippen molar-refractivity contribution in [2.24, 2.45) is 11.3 Å². The molecule has 18 heavy (non-hydrogen) atoms. The van der Waals surface area contributed by atoms with Gasteiger partial charge in [0.05, 0.1) is 5.41 Å². The number of hydrogen-bond donors (Lipinski definition) is 2. The minimum Gasteiger partial charge on any atom is -0.353 e. The lowest BCUT2D eigenvalue weighted by molar-refractivity contribution is -0.133. The highest BCUT2D eigenvalue weighted by Crippen LogP contribution is 2.36. The largest absolute Gasteiger partial charge is 0.353 e. The van der Waals surface area contributed by atoms with Gasteiger partial charge in [0.25, 0.3) is 0 Å². The van der Waals surface area contributed by atoms with E-state index >= 15 is 0 Å². The fourth-order valence-corrected chi connectivity index (χ4v) is 3.26.